The van der Waals surface area contributed by atoms with E-state index in [0.29, 0.717) is 11.1 Å². The summed E-state index contributed by atoms with van der Waals surface area (Å²) in [5.74, 6) is -0.780. The Morgan fingerprint density at radius 1 is 1.13 bits per heavy atom. The first-order chi connectivity index (χ1) is 14.1. The third kappa shape index (κ3) is 3.50. The van der Waals surface area contributed by atoms with Crippen molar-refractivity contribution in [2.75, 3.05) is 17.7 Å². The molecule has 1 aliphatic heterocycles. The van der Waals surface area contributed by atoms with Crippen LogP contribution in [0, 0.1) is 28.6 Å². The molecule has 2 N–H and O–H groups in total. The molecule has 0 aromatic heterocycles. The number of urea groups is 1. The highest BCUT2D eigenvalue weighted by Gasteiger charge is 2.46. The molecule has 1 heterocycles. The van der Waals surface area contributed by atoms with E-state index in [9.17, 15) is 23.2 Å². The minimum Gasteiger partial charge on any atom is -0.398 e. The maximum atomic E-state index is 13.1. The molecule has 3 atom stereocenters. The zero-order valence-electron chi connectivity index (χ0n) is 16.2. The van der Waals surface area contributed by atoms with Crippen LogP contribution in [0.1, 0.15) is 29.7 Å². The van der Waals surface area contributed by atoms with Crippen molar-refractivity contribution in [1.29, 1.82) is 10.5 Å². The van der Waals surface area contributed by atoms with Crippen LogP contribution in [0.25, 0.3) is 0 Å². The third-order valence-corrected chi connectivity index (χ3v) is 5.33. The number of carbonyl (C=O) groups excluding carboxylic acids is 1. The highest BCUT2D eigenvalue weighted by atomic mass is 19.4. The minimum absolute atomic E-state index is 0.0562. The molecule has 30 heavy (non-hydrogen) atoms. The van der Waals surface area contributed by atoms with E-state index in [0.717, 1.165) is 12.1 Å². The van der Waals surface area contributed by atoms with Crippen molar-refractivity contribution in [2.24, 2.45) is 5.92 Å². The van der Waals surface area contributed by atoms with Crippen LogP contribution in [0.5, 0.6) is 0 Å². The number of hydrogen-bond donors (Lipinski definition) is 1. The lowest BCUT2D eigenvalue weighted by Gasteiger charge is -2.46. The van der Waals surface area contributed by atoms with Crippen LogP contribution in [0.4, 0.5) is 29.3 Å². The maximum Gasteiger partial charge on any atom is 0.416 e. The number of nitrogens with two attached hydrogens (primary N) is 1. The van der Waals surface area contributed by atoms with Gasteiger partial charge in [-0.1, -0.05) is 12.1 Å². The Hall–Kier alpha value is -3.72. The van der Waals surface area contributed by atoms with Gasteiger partial charge in [-0.15, -0.1) is 0 Å². The zero-order chi connectivity index (χ0) is 22.2. The Bertz CT molecular complexity index is 1070. The molecular formula is C21H18F3N5O. The predicted octanol–water partition coefficient (Wildman–Crippen LogP) is 4.30. The Kier molecular flexibility index (Phi) is 5.32. The van der Waals surface area contributed by atoms with E-state index < -0.39 is 35.8 Å². The Morgan fingerprint density at radius 2 is 1.83 bits per heavy atom. The first-order valence-corrected chi connectivity index (χ1v) is 9.02. The molecule has 0 saturated carbocycles. The fourth-order valence-electron chi connectivity index (χ4n) is 3.80. The molecule has 2 unspecified atom stereocenters. The molecule has 2 aromatic rings. The average Bonchev–Trinajstić information content (AvgIpc) is 2.70. The Labute approximate surface area is 171 Å². The van der Waals surface area contributed by atoms with Crippen molar-refractivity contribution >= 4 is 17.4 Å². The van der Waals surface area contributed by atoms with Crippen molar-refractivity contribution < 1.29 is 18.0 Å². The van der Waals surface area contributed by atoms with Gasteiger partial charge in [0, 0.05) is 18.4 Å². The minimum atomic E-state index is -4.56. The number of nitrogen functional groups attached to an aromatic ring is 1. The van der Waals surface area contributed by atoms with E-state index in [1.165, 1.54) is 35.0 Å². The predicted molar refractivity (Wildman–Crippen MR) is 104 cm³/mol. The SMILES string of the molecule is CC1C(C#N)[C@H](c2ccc(C#N)cc2N)N(C)C(=O)N1c1cccc(C(F)(F)F)c1. The summed E-state index contributed by atoms with van der Waals surface area (Å²) in [6.45, 7) is 1.62. The lowest BCUT2D eigenvalue weighted by atomic mass is 9.83. The number of nitrogens with zero attached hydrogens (tertiary/aromatic N) is 4. The molecule has 0 bridgehead atoms. The zero-order valence-corrected chi connectivity index (χ0v) is 16.2. The van der Waals surface area contributed by atoms with E-state index in [2.05, 4.69) is 6.07 Å². The van der Waals surface area contributed by atoms with Crippen molar-refractivity contribution in [2.45, 2.75) is 25.2 Å². The molecule has 6 nitrogen and oxygen atoms in total. The van der Waals surface area contributed by atoms with Gasteiger partial charge in [0.2, 0.25) is 0 Å². The summed E-state index contributed by atoms with van der Waals surface area (Å²) < 4.78 is 39.4. The summed E-state index contributed by atoms with van der Waals surface area (Å²) in [5.41, 5.74) is 6.36. The van der Waals surface area contributed by atoms with E-state index in [1.807, 2.05) is 6.07 Å². The summed E-state index contributed by atoms with van der Waals surface area (Å²) in [5, 5.41) is 18.9. The van der Waals surface area contributed by atoms with E-state index >= 15 is 0 Å². The number of benzene rings is 2. The van der Waals surface area contributed by atoms with Crippen LogP contribution in [-0.2, 0) is 6.18 Å². The topological polar surface area (TPSA) is 97.1 Å². The van der Waals surface area contributed by atoms with Crippen LogP contribution in [0.15, 0.2) is 42.5 Å². The molecule has 1 aliphatic rings. The molecule has 0 aliphatic carbocycles. The number of amides is 2. The standard InChI is InChI=1S/C21H18F3N5O/c1-12-17(11-26)19(16-7-6-13(10-25)8-18(16)27)28(2)20(30)29(12)15-5-3-4-14(9-15)21(22,23)24/h3-9,12,17,19H,27H2,1-2H3/t12?,17?,19-/m0/s1. The molecular weight excluding hydrogens is 395 g/mol. The number of anilines is 2. The van der Waals surface area contributed by atoms with Gasteiger partial charge in [-0.2, -0.15) is 23.7 Å². The smallest absolute Gasteiger partial charge is 0.398 e. The first kappa shape index (κ1) is 21.0. The van der Waals surface area contributed by atoms with E-state index in [1.54, 1.807) is 19.1 Å². The van der Waals surface area contributed by atoms with Gasteiger partial charge in [0.05, 0.1) is 41.3 Å². The lowest BCUT2D eigenvalue weighted by Crippen LogP contribution is -2.58. The van der Waals surface area contributed by atoms with Crippen LogP contribution in [-0.4, -0.2) is 24.0 Å². The van der Waals surface area contributed by atoms with Gasteiger partial charge in [-0.3, -0.25) is 4.90 Å². The summed E-state index contributed by atoms with van der Waals surface area (Å²) in [6.07, 6.45) is -4.56. The van der Waals surface area contributed by atoms with Crippen molar-refractivity contribution in [1.82, 2.24) is 4.90 Å². The summed E-state index contributed by atoms with van der Waals surface area (Å²) in [4.78, 5) is 15.6. The number of alkyl halides is 3. The van der Waals surface area contributed by atoms with E-state index in [4.69, 9.17) is 11.0 Å². The average molecular weight is 413 g/mol. The van der Waals surface area contributed by atoms with Gasteiger partial charge in [0.1, 0.15) is 0 Å². The lowest BCUT2D eigenvalue weighted by molar-refractivity contribution is -0.137. The molecule has 2 aromatic carbocycles. The summed E-state index contributed by atoms with van der Waals surface area (Å²) in [6, 6.07) is 11.2. The number of rotatable bonds is 2. The van der Waals surface area contributed by atoms with Crippen LogP contribution >= 0.6 is 0 Å². The van der Waals surface area contributed by atoms with Gasteiger partial charge in [-0.25, -0.2) is 4.79 Å². The molecule has 154 valence electrons. The van der Waals surface area contributed by atoms with E-state index in [-0.39, 0.29) is 11.4 Å². The van der Waals surface area contributed by atoms with Crippen LogP contribution in [0.2, 0.25) is 0 Å². The number of nitriles is 2. The first-order valence-electron chi connectivity index (χ1n) is 9.02. The second-order valence-corrected chi connectivity index (χ2v) is 7.11. The molecule has 0 radical (unpaired) electrons. The van der Waals surface area contributed by atoms with Crippen molar-refractivity contribution in [3.8, 4) is 12.1 Å². The Morgan fingerprint density at radius 3 is 2.40 bits per heavy atom. The maximum absolute atomic E-state index is 13.1. The quantitative estimate of drug-likeness (QED) is 0.742. The third-order valence-electron chi connectivity index (χ3n) is 5.33. The molecule has 2 amide bonds. The van der Waals surface area contributed by atoms with Gasteiger partial charge in [0.25, 0.3) is 0 Å². The summed E-state index contributed by atoms with van der Waals surface area (Å²) >= 11 is 0. The fourth-order valence-corrected chi connectivity index (χ4v) is 3.80. The second-order valence-electron chi connectivity index (χ2n) is 7.11. The normalized spacial score (nSPS) is 21.8. The fraction of sp³-hybridized carbons (Fsp3) is 0.286. The van der Waals surface area contributed by atoms with Crippen LogP contribution < -0.4 is 10.6 Å². The largest absolute Gasteiger partial charge is 0.416 e. The number of halogens is 3. The second kappa shape index (κ2) is 7.60. The molecule has 1 saturated heterocycles. The molecule has 1 fully saturated rings. The number of carbonyl (C=O) groups is 1. The van der Waals surface area contributed by atoms with Gasteiger partial charge >= 0.3 is 12.2 Å². The van der Waals surface area contributed by atoms with Crippen LogP contribution in [0.3, 0.4) is 0 Å². The van der Waals surface area contributed by atoms with Gasteiger partial charge in [-0.05, 0) is 42.8 Å². The van der Waals surface area contributed by atoms with Crippen molar-refractivity contribution in [3.05, 3.63) is 59.2 Å². The molecule has 3 rings (SSSR count). The highest BCUT2D eigenvalue weighted by molar-refractivity contribution is 5.94. The number of hydrogen-bond acceptors (Lipinski definition) is 4. The molecule has 9 heteroatoms. The van der Waals surface area contributed by atoms with Gasteiger partial charge in [0.15, 0.2) is 0 Å². The van der Waals surface area contributed by atoms with Crippen molar-refractivity contribution in [3.63, 3.8) is 0 Å². The summed E-state index contributed by atoms with van der Waals surface area (Å²) in [7, 11) is 1.47. The molecule has 0 spiro atoms. The highest BCUT2D eigenvalue weighted by Crippen LogP contribution is 2.42. The monoisotopic (exact) mass is 413 g/mol. The Balaban J connectivity index is 2.06. The van der Waals surface area contributed by atoms with Gasteiger partial charge < -0.3 is 10.6 Å².